The third-order valence-electron chi connectivity index (χ3n) is 2.53. The van der Waals surface area contributed by atoms with Gasteiger partial charge in [0.15, 0.2) is 0 Å². The Bertz CT molecular complexity index is 356. The van der Waals surface area contributed by atoms with Crippen molar-refractivity contribution in [3.8, 4) is 0 Å². The van der Waals surface area contributed by atoms with E-state index in [1.54, 1.807) is 4.80 Å². The van der Waals surface area contributed by atoms with E-state index in [2.05, 4.69) is 31.3 Å². The minimum absolute atomic E-state index is 0.601. The molecule has 0 spiro atoms. The van der Waals surface area contributed by atoms with Gasteiger partial charge >= 0.3 is 8.80 Å². The van der Waals surface area contributed by atoms with E-state index in [0.29, 0.717) is 19.8 Å². The van der Waals surface area contributed by atoms with Crippen molar-refractivity contribution in [2.45, 2.75) is 39.8 Å². The van der Waals surface area contributed by atoms with Gasteiger partial charge in [-0.15, -0.1) is 0 Å². The lowest BCUT2D eigenvalue weighted by atomic mass is 10.5. The monoisotopic (exact) mass is 309 g/mol. The topological polar surface area (TPSA) is 127 Å². The summed E-state index contributed by atoms with van der Waals surface area (Å²) in [5, 5.41) is 16.5. The van der Waals surface area contributed by atoms with E-state index in [9.17, 15) is 0 Å². The van der Waals surface area contributed by atoms with Gasteiger partial charge < -0.3 is 13.3 Å². The fraction of sp³-hybridized carbons (Fsp3) is 1.00. The Hall–Kier alpha value is -1.30. The van der Waals surface area contributed by atoms with Crippen LogP contribution in [0.2, 0.25) is 6.04 Å². The number of H-pyrrole nitrogens is 6. The van der Waals surface area contributed by atoms with E-state index in [1.807, 2.05) is 20.8 Å². The molecule has 0 aliphatic heterocycles. The molecule has 11 heteroatoms. The van der Waals surface area contributed by atoms with Crippen molar-refractivity contribution < 1.29 is 13.3 Å². The van der Waals surface area contributed by atoms with Crippen LogP contribution in [0.5, 0.6) is 0 Å². The van der Waals surface area contributed by atoms with E-state index in [-0.39, 0.29) is 0 Å². The number of nitrogens with zero attached hydrogens (tertiary/aromatic N) is 1. The molecule has 0 fully saturated rings. The average Bonchev–Trinajstić information content (AvgIpc) is 2.68. The molecule has 10 nitrogen and oxygen atoms in total. The molecular formula is C9H27N7O3Si. The Labute approximate surface area is 118 Å². The lowest BCUT2D eigenvalue weighted by Gasteiger charge is -2.28. The van der Waals surface area contributed by atoms with Crippen LogP contribution in [0.3, 0.4) is 0 Å². The summed E-state index contributed by atoms with van der Waals surface area (Å²) in [7, 11) is -2.55. The molecule has 0 unspecified atom stereocenters. The van der Waals surface area contributed by atoms with Crippen LogP contribution in [-0.4, -0.2) is 64.7 Å². The fourth-order valence-corrected chi connectivity index (χ4v) is 4.44. The van der Waals surface area contributed by atoms with E-state index in [4.69, 9.17) is 13.3 Å². The van der Waals surface area contributed by atoms with Crippen LogP contribution in [0.15, 0.2) is 0 Å². The summed E-state index contributed by atoms with van der Waals surface area (Å²) in [5.41, 5.74) is 0. The van der Waals surface area contributed by atoms with Gasteiger partial charge in [0.2, 0.25) is 0 Å². The lowest BCUT2D eigenvalue weighted by Crippen LogP contribution is -2.46. The van der Waals surface area contributed by atoms with Crippen LogP contribution in [0.4, 0.5) is 0 Å². The first-order valence-corrected chi connectivity index (χ1v) is 8.90. The van der Waals surface area contributed by atoms with Gasteiger partial charge in [0.1, 0.15) is 0 Å². The van der Waals surface area contributed by atoms with Gasteiger partial charge in [-0.05, 0) is 27.2 Å². The standard InChI is InChI=1S/C9H27N7O3Si/c1-4-17-20(18-5-2,19-6-3)9-7-8-16-14-12-10-11-13-15-16/h10-15H,4-9H2,1-3H3. The first-order valence-electron chi connectivity index (χ1n) is 6.97. The third kappa shape index (κ3) is 5.77. The number of hydrogen-bond donors (Lipinski definition) is 6. The molecule has 0 aromatic carbocycles. The van der Waals surface area contributed by atoms with E-state index < -0.39 is 8.80 Å². The van der Waals surface area contributed by atoms with Crippen molar-refractivity contribution in [2.24, 2.45) is 0 Å². The van der Waals surface area contributed by atoms with E-state index in [0.717, 1.165) is 19.0 Å². The summed E-state index contributed by atoms with van der Waals surface area (Å²) in [6, 6.07) is 0.767. The Balaban J connectivity index is 2.57. The molecule has 6 N–H and O–H groups in total. The van der Waals surface area contributed by atoms with Gasteiger partial charge in [-0.3, -0.25) is 0 Å². The first kappa shape index (κ1) is 16.8. The van der Waals surface area contributed by atoms with Crippen LogP contribution in [0.25, 0.3) is 0 Å². The quantitative estimate of drug-likeness (QED) is 0.363. The number of aromatic nitrogens is 7. The first-order chi connectivity index (χ1) is 9.76. The van der Waals surface area contributed by atoms with Gasteiger partial charge in [-0.1, -0.05) is 0 Å². The van der Waals surface area contributed by atoms with Crippen LogP contribution in [0.1, 0.15) is 27.2 Å². The molecule has 20 heavy (non-hydrogen) atoms. The minimum atomic E-state index is -2.55. The number of aromatic amines is 6. The van der Waals surface area contributed by atoms with Gasteiger partial charge in [-0.2, -0.15) is 4.80 Å². The van der Waals surface area contributed by atoms with Crippen LogP contribution in [0, 0.1) is 0 Å². The minimum Gasteiger partial charge on any atom is -0.374 e. The second-order valence-electron chi connectivity index (χ2n) is 3.96. The summed E-state index contributed by atoms with van der Waals surface area (Å²) >= 11 is 0. The number of nitrogens with one attached hydrogen (secondary N) is 6. The van der Waals surface area contributed by atoms with E-state index >= 15 is 0 Å². The molecular weight excluding hydrogens is 282 g/mol. The summed E-state index contributed by atoms with van der Waals surface area (Å²) in [6.45, 7) is 8.41. The predicted molar refractivity (Wildman–Crippen MR) is 75.8 cm³/mol. The van der Waals surface area contributed by atoms with Crippen molar-refractivity contribution in [1.29, 1.82) is 0 Å². The maximum Gasteiger partial charge on any atom is 0.500 e. The summed E-state index contributed by atoms with van der Waals surface area (Å²) in [4.78, 5) is 1.75. The number of aryl methyl sites for hydroxylation is 1. The molecule has 0 saturated heterocycles. The summed E-state index contributed by atoms with van der Waals surface area (Å²) in [5.74, 6) is 0. The fourth-order valence-electron chi connectivity index (χ4n) is 1.85. The van der Waals surface area contributed by atoms with E-state index in [1.165, 1.54) is 0 Å². The number of rotatable bonds is 10. The highest BCUT2D eigenvalue weighted by molar-refractivity contribution is 6.60. The van der Waals surface area contributed by atoms with Crippen molar-refractivity contribution in [3.63, 3.8) is 0 Å². The smallest absolute Gasteiger partial charge is 0.374 e. The molecule has 1 rings (SSSR count). The maximum atomic E-state index is 5.80. The molecule has 0 bridgehead atoms. The zero-order valence-electron chi connectivity index (χ0n) is 12.4. The summed E-state index contributed by atoms with van der Waals surface area (Å²) in [6.07, 6.45) is 0.857. The molecule has 0 saturated carbocycles. The molecule has 1 aromatic rings. The highest BCUT2D eigenvalue weighted by atomic mass is 28.4. The molecule has 0 aliphatic carbocycles. The van der Waals surface area contributed by atoms with Crippen molar-refractivity contribution >= 4 is 8.80 Å². The van der Waals surface area contributed by atoms with Gasteiger partial charge in [0.05, 0.1) is 6.54 Å². The Morgan fingerprint density at radius 2 is 1.30 bits per heavy atom. The highest BCUT2D eigenvalue weighted by Gasteiger charge is 2.39. The van der Waals surface area contributed by atoms with Gasteiger partial charge in [0, 0.05) is 25.9 Å². The molecule has 0 atom stereocenters. The molecule has 1 aromatic heterocycles. The van der Waals surface area contributed by atoms with Crippen molar-refractivity contribution in [1.82, 2.24) is 36.1 Å². The lowest BCUT2D eigenvalue weighted by molar-refractivity contribution is 0.0703. The van der Waals surface area contributed by atoms with Crippen molar-refractivity contribution in [2.75, 3.05) is 19.8 Å². The molecule has 0 amide bonds. The Kier molecular flexibility index (Phi) is 8.02. The SMILES string of the molecule is CCO[Si](CCCn1[nH][nH][nH][nH][nH][nH]1)(OCC)OCC. The largest absolute Gasteiger partial charge is 0.500 e. The zero-order valence-corrected chi connectivity index (χ0v) is 13.4. The average molecular weight is 309 g/mol. The predicted octanol–water partition coefficient (Wildman–Crippen LogP) is 1.14. The summed E-state index contributed by atoms with van der Waals surface area (Å²) < 4.78 is 17.4. The number of hydrogen-bond acceptors (Lipinski definition) is 3. The molecule has 120 valence electrons. The van der Waals surface area contributed by atoms with Gasteiger partial charge in [0.25, 0.3) is 0 Å². The molecule has 0 radical (unpaired) electrons. The van der Waals surface area contributed by atoms with Crippen LogP contribution < -0.4 is 0 Å². The zero-order chi connectivity index (χ0) is 14.7. The van der Waals surface area contributed by atoms with Crippen LogP contribution >= 0.6 is 0 Å². The third-order valence-corrected chi connectivity index (χ3v) is 5.68. The molecule has 0 aliphatic rings. The maximum absolute atomic E-state index is 5.80. The van der Waals surface area contributed by atoms with Crippen molar-refractivity contribution in [3.05, 3.63) is 0 Å². The van der Waals surface area contributed by atoms with Gasteiger partial charge in [-0.25, -0.2) is 31.3 Å². The van der Waals surface area contributed by atoms with Crippen LogP contribution in [-0.2, 0) is 19.8 Å². The Morgan fingerprint density at radius 1 is 0.800 bits per heavy atom. The molecule has 1 heterocycles. The Morgan fingerprint density at radius 3 is 1.75 bits per heavy atom. The second kappa shape index (κ2) is 9.58. The second-order valence-corrected chi connectivity index (χ2v) is 6.69. The normalized spacial score (nSPS) is 11.6. The highest BCUT2D eigenvalue weighted by Crippen LogP contribution is 2.18.